The van der Waals surface area contributed by atoms with Crippen LogP contribution in [-0.2, 0) is 0 Å². The summed E-state index contributed by atoms with van der Waals surface area (Å²) in [5.41, 5.74) is 0.847. The Bertz CT molecular complexity index is 705. The molecule has 7 heteroatoms. The summed E-state index contributed by atoms with van der Waals surface area (Å²) in [5.74, 6) is 2.81. The van der Waals surface area contributed by atoms with Crippen molar-refractivity contribution >= 4 is 27.6 Å². The zero-order valence-electron chi connectivity index (χ0n) is 14.5. The van der Waals surface area contributed by atoms with E-state index in [9.17, 15) is 0 Å². The molecule has 0 aliphatic heterocycles. The van der Waals surface area contributed by atoms with E-state index in [2.05, 4.69) is 31.6 Å². The average molecular weight is 408 g/mol. The summed E-state index contributed by atoms with van der Waals surface area (Å²) in [6.45, 7) is 1.14. The number of ether oxygens (including phenoxy) is 3. The standard InChI is InChI=1S/C18H22BrN3O3/c1-20-18(21-10-11-25-15-7-4-13(19)5-8-15)22-14-6-9-16(23-2)17(12-14)24-3/h4-9,12H,10-11H2,1-3H3,(H2,20,21,22). The molecule has 2 aromatic carbocycles. The van der Waals surface area contributed by atoms with Crippen molar-refractivity contribution in [2.75, 3.05) is 39.7 Å². The van der Waals surface area contributed by atoms with Gasteiger partial charge in [-0.1, -0.05) is 15.9 Å². The van der Waals surface area contributed by atoms with Crippen molar-refractivity contribution in [1.29, 1.82) is 0 Å². The maximum absolute atomic E-state index is 5.67. The van der Waals surface area contributed by atoms with Gasteiger partial charge in [-0.2, -0.15) is 0 Å². The van der Waals surface area contributed by atoms with E-state index in [0.29, 0.717) is 30.6 Å². The first-order valence-corrected chi connectivity index (χ1v) is 8.53. The van der Waals surface area contributed by atoms with Crippen molar-refractivity contribution in [2.45, 2.75) is 0 Å². The number of hydrogen-bond acceptors (Lipinski definition) is 4. The molecule has 2 N–H and O–H groups in total. The summed E-state index contributed by atoms with van der Waals surface area (Å²) in [4.78, 5) is 4.20. The lowest BCUT2D eigenvalue weighted by atomic mass is 10.3. The lowest BCUT2D eigenvalue weighted by Crippen LogP contribution is -2.33. The first kappa shape index (κ1) is 18.9. The molecule has 0 saturated carbocycles. The van der Waals surface area contributed by atoms with E-state index in [1.165, 1.54) is 0 Å². The number of methoxy groups -OCH3 is 2. The maximum atomic E-state index is 5.67. The Balaban J connectivity index is 1.83. The van der Waals surface area contributed by atoms with Crippen molar-refractivity contribution in [3.8, 4) is 17.2 Å². The van der Waals surface area contributed by atoms with Gasteiger partial charge in [0.2, 0.25) is 0 Å². The largest absolute Gasteiger partial charge is 0.493 e. The van der Waals surface area contributed by atoms with Gasteiger partial charge in [-0.05, 0) is 36.4 Å². The molecule has 0 aliphatic rings. The number of anilines is 1. The third-order valence-electron chi connectivity index (χ3n) is 3.35. The third kappa shape index (κ3) is 5.86. The molecule has 0 bridgehead atoms. The maximum Gasteiger partial charge on any atom is 0.195 e. The summed E-state index contributed by atoms with van der Waals surface area (Å²) in [6, 6.07) is 13.3. The molecule has 0 atom stereocenters. The molecule has 2 aromatic rings. The normalized spacial score (nSPS) is 11.0. The highest BCUT2D eigenvalue weighted by atomic mass is 79.9. The molecule has 0 spiro atoms. The monoisotopic (exact) mass is 407 g/mol. The molecule has 0 saturated heterocycles. The molecule has 6 nitrogen and oxygen atoms in total. The number of guanidine groups is 1. The number of rotatable bonds is 7. The Labute approximate surface area is 156 Å². The summed E-state index contributed by atoms with van der Waals surface area (Å²) in [5, 5.41) is 6.40. The van der Waals surface area contributed by atoms with E-state index < -0.39 is 0 Å². The van der Waals surface area contributed by atoms with Crippen molar-refractivity contribution in [2.24, 2.45) is 4.99 Å². The Kier molecular flexibility index (Phi) is 7.40. The van der Waals surface area contributed by atoms with Gasteiger partial charge < -0.3 is 24.8 Å². The molecule has 25 heavy (non-hydrogen) atoms. The van der Waals surface area contributed by atoms with E-state index in [1.807, 2.05) is 42.5 Å². The molecule has 0 heterocycles. The fourth-order valence-electron chi connectivity index (χ4n) is 2.10. The Morgan fingerprint density at radius 2 is 1.76 bits per heavy atom. The van der Waals surface area contributed by atoms with Crippen LogP contribution in [0.15, 0.2) is 51.9 Å². The predicted molar refractivity (Wildman–Crippen MR) is 104 cm³/mol. The second kappa shape index (κ2) is 9.78. The van der Waals surface area contributed by atoms with Crippen LogP contribution in [-0.4, -0.2) is 40.4 Å². The van der Waals surface area contributed by atoms with E-state index in [0.717, 1.165) is 15.9 Å². The minimum atomic E-state index is 0.522. The van der Waals surface area contributed by atoms with Gasteiger partial charge in [0.25, 0.3) is 0 Å². The van der Waals surface area contributed by atoms with E-state index >= 15 is 0 Å². The van der Waals surface area contributed by atoms with Crippen molar-refractivity contribution in [1.82, 2.24) is 5.32 Å². The van der Waals surface area contributed by atoms with Gasteiger partial charge in [0.1, 0.15) is 12.4 Å². The highest BCUT2D eigenvalue weighted by Crippen LogP contribution is 2.29. The highest BCUT2D eigenvalue weighted by molar-refractivity contribution is 9.10. The molecule has 0 aliphatic carbocycles. The van der Waals surface area contributed by atoms with Gasteiger partial charge in [-0.25, -0.2) is 0 Å². The van der Waals surface area contributed by atoms with Gasteiger partial charge in [0.15, 0.2) is 17.5 Å². The fourth-order valence-corrected chi connectivity index (χ4v) is 2.36. The second-order valence-corrected chi connectivity index (χ2v) is 5.91. The van der Waals surface area contributed by atoms with Crippen LogP contribution in [0.25, 0.3) is 0 Å². The second-order valence-electron chi connectivity index (χ2n) is 5.00. The van der Waals surface area contributed by atoms with Gasteiger partial charge in [0.05, 0.1) is 20.8 Å². The Hall–Kier alpha value is -2.41. The molecule has 0 radical (unpaired) electrons. The predicted octanol–water partition coefficient (Wildman–Crippen LogP) is 3.53. The SMILES string of the molecule is CN=C(NCCOc1ccc(Br)cc1)Nc1ccc(OC)c(OC)c1. The van der Waals surface area contributed by atoms with E-state index in [4.69, 9.17) is 14.2 Å². The van der Waals surface area contributed by atoms with Gasteiger partial charge in [-0.15, -0.1) is 0 Å². The van der Waals surface area contributed by atoms with E-state index in [1.54, 1.807) is 21.3 Å². The highest BCUT2D eigenvalue weighted by Gasteiger charge is 2.06. The van der Waals surface area contributed by atoms with Crippen LogP contribution < -0.4 is 24.8 Å². The number of aliphatic imine (C=N–C) groups is 1. The number of benzene rings is 2. The molecule has 0 fully saturated rings. The number of nitrogens with zero attached hydrogens (tertiary/aromatic N) is 1. The molecule has 0 aromatic heterocycles. The zero-order valence-corrected chi connectivity index (χ0v) is 16.1. The van der Waals surface area contributed by atoms with Crippen molar-refractivity contribution < 1.29 is 14.2 Å². The first-order chi connectivity index (χ1) is 12.2. The number of nitrogens with one attached hydrogen (secondary N) is 2. The van der Waals surface area contributed by atoms with Gasteiger partial charge in [-0.3, -0.25) is 4.99 Å². The number of halogens is 1. The van der Waals surface area contributed by atoms with Gasteiger partial charge in [0, 0.05) is 23.3 Å². The van der Waals surface area contributed by atoms with Crippen LogP contribution in [0.1, 0.15) is 0 Å². The van der Waals surface area contributed by atoms with Crippen LogP contribution in [0, 0.1) is 0 Å². The lowest BCUT2D eigenvalue weighted by molar-refractivity contribution is 0.322. The molecular weight excluding hydrogens is 386 g/mol. The van der Waals surface area contributed by atoms with Crippen molar-refractivity contribution in [3.63, 3.8) is 0 Å². The van der Waals surface area contributed by atoms with Crippen LogP contribution in [0.2, 0.25) is 0 Å². The first-order valence-electron chi connectivity index (χ1n) is 7.74. The smallest absolute Gasteiger partial charge is 0.195 e. The van der Waals surface area contributed by atoms with Gasteiger partial charge >= 0.3 is 0 Å². The van der Waals surface area contributed by atoms with Crippen LogP contribution >= 0.6 is 15.9 Å². The molecule has 134 valence electrons. The third-order valence-corrected chi connectivity index (χ3v) is 3.88. The Morgan fingerprint density at radius 1 is 1.04 bits per heavy atom. The fraction of sp³-hybridized carbons (Fsp3) is 0.278. The van der Waals surface area contributed by atoms with Crippen LogP contribution in [0.4, 0.5) is 5.69 Å². The molecular formula is C18H22BrN3O3. The minimum Gasteiger partial charge on any atom is -0.493 e. The summed E-state index contributed by atoms with van der Waals surface area (Å²) in [7, 11) is 4.93. The molecule has 2 rings (SSSR count). The average Bonchev–Trinajstić information content (AvgIpc) is 2.65. The quantitative estimate of drug-likeness (QED) is 0.417. The topological polar surface area (TPSA) is 64.1 Å². The minimum absolute atomic E-state index is 0.522. The van der Waals surface area contributed by atoms with Crippen molar-refractivity contribution in [3.05, 3.63) is 46.9 Å². The van der Waals surface area contributed by atoms with Crippen LogP contribution in [0.3, 0.4) is 0 Å². The summed E-state index contributed by atoms with van der Waals surface area (Å²) in [6.07, 6.45) is 0. The zero-order chi connectivity index (χ0) is 18.1. The summed E-state index contributed by atoms with van der Waals surface area (Å²) >= 11 is 3.40. The molecule has 0 unspecified atom stereocenters. The van der Waals surface area contributed by atoms with Crippen LogP contribution in [0.5, 0.6) is 17.2 Å². The number of hydrogen-bond donors (Lipinski definition) is 2. The van der Waals surface area contributed by atoms with E-state index in [-0.39, 0.29) is 0 Å². The lowest BCUT2D eigenvalue weighted by Gasteiger charge is -2.14. The molecule has 0 amide bonds. The summed E-state index contributed by atoms with van der Waals surface area (Å²) < 4.78 is 17.2. The Morgan fingerprint density at radius 3 is 2.40 bits per heavy atom.